The van der Waals surface area contributed by atoms with Crippen molar-refractivity contribution in [3.63, 3.8) is 0 Å². The summed E-state index contributed by atoms with van der Waals surface area (Å²) in [5.41, 5.74) is 10.2. The third-order valence-electron chi connectivity index (χ3n) is 3.29. The summed E-state index contributed by atoms with van der Waals surface area (Å²) in [7, 11) is 0. The van der Waals surface area contributed by atoms with E-state index in [2.05, 4.69) is 42.3 Å². The van der Waals surface area contributed by atoms with Crippen molar-refractivity contribution in [1.29, 1.82) is 0 Å². The molecular formula is C13H21N3. The molecule has 1 aromatic rings. The Morgan fingerprint density at radius 3 is 2.56 bits per heavy atom. The summed E-state index contributed by atoms with van der Waals surface area (Å²) in [6.07, 6.45) is 0.0442. The molecule has 0 aliphatic carbocycles. The van der Waals surface area contributed by atoms with E-state index < -0.39 is 0 Å². The van der Waals surface area contributed by atoms with Crippen LogP contribution in [0.15, 0.2) is 18.2 Å². The van der Waals surface area contributed by atoms with Crippen LogP contribution in [-0.4, -0.2) is 31.1 Å². The Kier molecular flexibility index (Phi) is 3.59. The van der Waals surface area contributed by atoms with E-state index >= 15 is 0 Å². The summed E-state index contributed by atoms with van der Waals surface area (Å²) in [6, 6.07) is 6.51. The third kappa shape index (κ3) is 2.43. The van der Waals surface area contributed by atoms with Crippen molar-refractivity contribution in [2.75, 3.05) is 26.2 Å². The number of nitrogens with zero attached hydrogens (tertiary/aromatic N) is 1. The molecule has 0 spiro atoms. The number of benzene rings is 1. The molecule has 0 radical (unpaired) electrons. The van der Waals surface area contributed by atoms with Crippen molar-refractivity contribution in [2.45, 2.75) is 20.0 Å². The Morgan fingerprint density at radius 2 is 1.94 bits per heavy atom. The van der Waals surface area contributed by atoms with Gasteiger partial charge < -0.3 is 11.1 Å². The van der Waals surface area contributed by atoms with Gasteiger partial charge in [0.25, 0.3) is 0 Å². The molecule has 1 aromatic carbocycles. The van der Waals surface area contributed by atoms with Crippen LogP contribution in [0, 0.1) is 13.8 Å². The monoisotopic (exact) mass is 219 g/mol. The van der Waals surface area contributed by atoms with Crippen LogP contribution in [-0.2, 0) is 0 Å². The highest BCUT2D eigenvalue weighted by Crippen LogP contribution is 2.20. The van der Waals surface area contributed by atoms with Crippen LogP contribution in [0.2, 0.25) is 0 Å². The highest BCUT2D eigenvalue weighted by atomic mass is 15.3. The molecule has 0 saturated carbocycles. The molecule has 2 rings (SSSR count). The maximum atomic E-state index is 6.32. The smallest absolute Gasteiger partial charge is 0.0838 e. The minimum atomic E-state index is 0.0442. The normalized spacial score (nSPS) is 19.7. The predicted octanol–water partition coefficient (Wildman–Crippen LogP) is 1.17. The number of hydrogen-bond donors (Lipinski definition) is 2. The lowest BCUT2D eigenvalue weighted by atomic mass is 10.0. The molecule has 1 aliphatic heterocycles. The first-order chi connectivity index (χ1) is 7.68. The van der Waals surface area contributed by atoms with Crippen LogP contribution >= 0.6 is 0 Å². The van der Waals surface area contributed by atoms with E-state index in [9.17, 15) is 0 Å². The average Bonchev–Trinajstić information content (AvgIpc) is 2.29. The summed E-state index contributed by atoms with van der Waals surface area (Å²) in [5, 5.41) is 3.35. The Balaban J connectivity index is 2.15. The second kappa shape index (κ2) is 4.95. The first kappa shape index (κ1) is 11.6. The zero-order valence-corrected chi connectivity index (χ0v) is 10.2. The quantitative estimate of drug-likeness (QED) is 0.784. The molecule has 16 heavy (non-hydrogen) atoms. The maximum Gasteiger partial charge on any atom is 0.0838 e. The molecule has 1 aliphatic rings. The minimum Gasteiger partial charge on any atom is -0.314 e. The molecule has 3 heteroatoms. The Bertz CT molecular complexity index is 356. The lowest BCUT2D eigenvalue weighted by Crippen LogP contribution is -2.47. The van der Waals surface area contributed by atoms with Crippen LogP contribution in [0.4, 0.5) is 0 Å². The number of piperazine rings is 1. The molecule has 3 nitrogen and oxygen atoms in total. The standard InChI is InChI=1S/C13H21N3/c1-10-3-4-12(11(2)9-10)13(14)16-7-5-15-6-8-16/h3-4,9,13,15H,5-8,14H2,1-2H3. The molecule has 0 aromatic heterocycles. The van der Waals surface area contributed by atoms with Gasteiger partial charge in [0, 0.05) is 26.2 Å². The van der Waals surface area contributed by atoms with E-state index in [4.69, 9.17) is 5.73 Å². The van der Waals surface area contributed by atoms with E-state index in [-0.39, 0.29) is 6.17 Å². The molecule has 88 valence electrons. The van der Waals surface area contributed by atoms with Crippen LogP contribution < -0.4 is 11.1 Å². The lowest BCUT2D eigenvalue weighted by molar-refractivity contribution is 0.177. The number of hydrogen-bond acceptors (Lipinski definition) is 3. The fourth-order valence-corrected chi connectivity index (χ4v) is 2.31. The SMILES string of the molecule is Cc1ccc(C(N)N2CCNCC2)c(C)c1. The Morgan fingerprint density at radius 1 is 1.25 bits per heavy atom. The van der Waals surface area contributed by atoms with E-state index in [1.165, 1.54) is 16.7 Å². The largest absolute Gasteiger partial charge is 0.314 e. The second-order valence-electron chi connectivity index (χ2n) is 4.59. The number of nitrogens with one attached hydrogen (secondary N) is 1. The highest BCUT2D eigenvalue weighted by Gasteiger charge is 2.19. The molecular weight excluding hydrogens is 198 g/mol. The van der Waals surface area contributed by atoms with Crippen molar-refractivity contribution >= 4 is 0 Å². The van der Waals surface area contributed by atoms with Gasteiger partial charge in [-0.05, 0) is 25.0 Å². The second-order valence-corrected chi connectivity index (χ2v) is 4.59. The molecule has 1 atom stereocenters. The van der Waals surface area contributed by atoms with Gasteiger partial charge in [0.1, 0.15) is 0 Å². The van der Waals surface area contributed by atoms with Crippen molar-refractivity contribution in [3.8, 4) is 0 Å². The highest BCUT2D eigenvalue weighted by molar-refractivity contribution is 5.32. The van der Waals surface area contributed by atoms with Gasteiger partial charge in [-0.1, -0.05) is 23.8 Å². The van der Waals surface area contributed by atoms with E-state index in [1.54, 1.807) is 0 Å². The van der Waals surface area contributed by atoms with Crippen LogP contribution in [0.3, 0.4) is 0 Å². The van der Waals surface area contributed by atoms with Gasteiger partial charge >= 0.3 is 0 Å². The maximum absolute atomic E-state index is 6.32. The Hall–Kier alpha value is -0.900. The van der Waals surface area contributed by atoms with Gasteiger partial charge in [-0.3, -0.25) is 4.90 Å². The van der Waals surface area contributed by atoms with Gasteiger partial charge in [0.2, 0.25) is 0 Å². The summed E-state index contributed by atoms with van der Waals surface area (Å²) in [4.78, 5) is 2.34. The lowest BCUT2D eigenvalue weighted by Gasteiger charge is -2.33. The summed E-state index contributed by atoms with van der Waals surface area (Å²) in [5.74, 6) is 0. The third-order valence-corrected chi connectivity index (χ3v) is 3.29. The zero-order valence-electron chi connectivity index (χ0n) is 10.2. The molecule has 1 saturated heterocycles. The molecule has 3 N–H and O–H groups in total. The van der Waals surface area contributed by atoms with E-state index in [1.807, 2.05) is 0 Å². The van der Waals surface area contributed by atoms with Gasteiger partial charge in [0.05, 0.1) is 6.17 Å². The van der Waals surface area contributed by atoms with Crippen molar-refractivity contribution in [3.05, 3.63) is 34.9 Å². The first-order valence-corrected chi connectivity index (χ1v) is 5.96. The zero-order chi connectivity index (χ0) is 11.5. The van der Waals surface area contributed by atoms with Crippen molar-refractivity contribution < 1.29 is 0 Å². The van der Waals surface area contributed by atoms with Crippen LogP contribution in [0.5, 0.6) is 0 Å². The van der Waals surface area contributed by atoms with Gasteiger partial charge in [-0.2, -0.15) is 0 Å². The van der Waals surface area contributed by atoms with E-state index in [0.717, 1.165) is 26.2 Å². The van der Waals surface area contributed by atoms with Crippen molar-refractivity contribution in [1.82, 2.24) is 10.2 Å². The number of rotatable bonds is 2. The van der Waals surface area contributed by atoms with Crippen LogP contribution in [0.25, 0.3) is 0 Å². The van der Waals surface area contributed by atoms with Gasteiger partial charge in [0.15, 0.2) is 0 Å². The summed E-state index contributed by atoms with van der Waals surface area (Å²) in [6.45, 7) is 8.41. The number of nitrogens with two attached hydrogens (primary N) is 1. The van der Waals surface area contributed by atoms with Crippen LogP contribution in [0.1, 0.15) is 22.9 Å². The van der Waals surface area contributed by atoms with Gasteiger partial charge in [-0.25, -0.2) is 0 Å². The minimum absolute atomic E-state index is 0.0442. The average molecular weight is 219 g/mol. The van der Waals surface area contributed by atoms with E-state index in [0.29, 0.717) is 0 Å². The fraction of sp³-hybridized carbons (Fsp3) is 0.538. The summed E-state index contributed by atoms with van der Waals surface area (Å²) < 4.78 is 0. The fourth-order valence-electron chi connectivity index (χ4n) is 2.31. The topological polar surface area (TPSA) is 41.3 Å². The van der Waals surface area contributed by atoms with Crippen molar-refractivity contribution in [2.24, 2.45) is 5.73 Å². The summed E-state index contributed by atoms with van der Waals surface area (Å²) >= 11 is 0. The molecule has 1 fully saturated rings. The molecule has 1 unspecified atom stereocenters. The molecule has 1 heterocycles. The first-order valence-electron chi connectivity index (χ1n) is 5.96. The molecule has 0 bridgehead atoms. The number of aryl methyl sites for hydroxylation is 2. The Labute approximate surface area is 97.6 Å². The molecule has 0 amide bonds. The predicted molar refractivity (Wildman–Crippen MR) is 67.3 cm³/mol. The van der Waals surface area contributed by atoms with Gasteiger partial charge in [-0.15, -0.1) is 0 Å².